The highest BCUT2D eigenvalue weighted by Crippen LogP contribution is 2.33. The van der Waals surface area contributed by atoms with Gasteiger partial charge in [0.15, 0.2) is 0 Å². The molecule has 0 aromatic rings. The standard InChI is InChI=1S/C16H31NO2/c1-4-6-13-7-8-16(18)15(9-13)17-10-12(3)19-11-14(17)5-2/h12-16,18H,4-11H2,1-3H3. The van der Waals surface area contributed by atoms with E-state index < -0.39 is 0 Å². The highest BCUT2D eigenvalue weighted by atomic mass is 16.5. The van der Waals surface area contributed by atoms with Crippen molar-refractivity contribution in [1.82, 2.24) is 4.90 Å². The first-order chi connectivity index (χ1) is 9.15. The highest BCUT2D eigenvalue weighted by molar-refractivity contribution is 4.91. The summed E-state index contributed by atoms with van der Waals surface area (Å²) >= 11 is 0. The Morgan fingerprint density at radius 2 is 2.05 bits per heavy atom. The first-order valence-corrected chi connectivity index (χ1v) is 8.21. The number of hydrogen-bond donors (Lipinski definition) is 1. The maximum absolute atomic E-state index is 10.4. The number of ether oxygens (including phenoxy) is 1. The van der Waals surface area contributed by atoms with E-state index in [0.29, 0.717) is 18.2 Å². The molecule has 0 bridgehead atoms. The van der Waals surface area contributed by atoms with Crippen molar-refractivity contribution in [2.75, 3.05) is 13.2 Å². The van der Waals surface area contributed by atoms with E-state index >= 15 is 0 Å². The van der Waals surface area contributed by atoms with Crippen LogP contribution in [0.15, 0.2) is 0 Å². The van der Waals surface area contributed by atoms with Crippen molar-refractivity contribution in [3.63, 3.8) is 0 Å². The molecule has 0 spiro atoms. The Hall–Kier alpha value is -0.120. The van der Waals surface area contributed by atoms with Gasteiger partial charge in [-0.05, 0) is 38.5 Å². The minimum absolute atomic E-state index is 0.132. The van der Waals surface area contributed by atoms with Gasteiger partial charge in [0.2, 0.25) is 0 Å². The topological polar surface area (TPSA) is 32.7 Å². The number of hydrogen-bond acceptors (Lipinski definition) is 3. The molecule has 0 aromatic heterocycles. The summed E-state index contributed by atoms with van der Waals surface area (Å²) in [6, 6.07) is 0.859. The van der Waals surface area contributed by atoms with Crippen LogP contribution in [-0.2, 0) is 4.74 Å². The van der Waals surface area contributed by atoms with Crippen LogP contribution in [0.1, 0.15) is 59.3 Å². The smallest absolute Gasteiger partial charge is 0.0695 e. The molecule has 1 aliphatic heterocycles. The van der Waals surface area contributed by atoms with Crippen LogP contribution in [0.2, 0.25) is 0 Å². The van der Waals surface area contributed by atoms with Crippen molar-refractivity contribution in [3.05, 3.63) is 0 Å². The van der Waals surface area contributed by atoms with Gasteiger partial charge < -0.3 is 9.84 Å². The number of aliphatic hydroxyl groups is 1. The molecule has 1 aliphatic carbocycles. The van der Waals surface area contributed by atoms with Gasteiger partial charge in [0, 0.05) is 18.6 Å². The molecule has 1 heterocycles. The predicted octanol–water partition coefficient (Wildman–Crippen LogP) is 2.82. The normalized spacial score (nSPS) is 41.4. The quantitative estimate of drug-likeness (QED) is 0.852. The first-order valence-electron chi connectivity index (χ1n) is 8.21. The van der Waals surface area contributed by atoms with Gasteiger partial charge in [-0.1, -0.05) is 26.7 Å². The zero-order chi connectivity index (χ0) is 13.8. The van der Waals surface area contributed by atoms with Crippen LogP contribution in [0, 0.1) is 5.92 Å². The lowest BCUT2D eigenvalue weighted by molar-refractivity contribution is -0.106. The van der Waals surface area contributed by atoms with Crippen molar-refractivity contribution in [1.29, 1.82) is 0 Å². The summed E-state index contributed by atoms with van der Waals surface area (Å²) in [4.78, 5) is 2.56. The van der Waals surface area contributed by atoms with Gasteiger partial charge >= 0.3 is 0 Å². The molecular formula is C16H31NO2. The van der Waals surface area contributed by atoms with Gasteiger partial charge in [0.1, 0.15) is 0 Å². The van der Waals surface area contributed by atoms with Crippen LogP contribution < -0.4 is 0 Å². The Bertz CT molecular complexity index is 271. The first kappa shape index (κ1) is 15.3. The second-order valence-corrected chi connectivity index (χ2v) is 6.51. The lowest BCUT2D eigenvalue weighted by atomic mass is 9.80. The Morgan fingerprint density at radius 3 is 2.74 bits per heavy atom. The van der Waals surface area contributed by atoms with Crippen LogP contribution in [-0.4, -0.2) is 47.4 Å². The van der Waals surface area contributed by atoms with Crippen LogP contribution in [0.5, 0.6) is 0 Å². The number of morpholine rings is 1. The Balaban J connectivity index is 2.03. The lowest BCUT2D eigenvalue weighted by Gasteiger charge is -2.47. The molecule has 2 fully saturated rings. The van der Waals surface area contributed by atoms with Crippen molar-refractivity contribution >= 4 is 0 Å². The van der Waals surface area contributed by atoms with Crippen LogP contribution in [0.25, 0.3) is 0 Å². The molecule has 112 valence electrons. The maximum atomic E-state index is 10.4. The second-order valence-electron chi connectivity index (χ2n) is 6.51. The van der Waals surface area contributed by atoms with Crippen LogP contribution >= 0.6 is 0 Å². The molecule has 3 heteroatoms. The van der Waals surface area contributed by atoms with E-state index in [0.717, 1.165) is 31.9 Å². The molecule has 0 radical (unpaired) electrons. The summed E-state index contributed by atoms with van der Waals surface area (Å²) < 4.78 is 5.79. The minimum Gasteiger partial charge on any atom is -0.391 e. The van der Waals surface area contributed by atoms with E-state index in [-0.39, 0.29) is 6.10 Å². The summed E-state index contributed by atoms with van der Waals surface area (Å²) in [5.74, 6) is 0.814. The predicted molar refractivity (Wildman–Crippen MR) is 78.2 cm³/mol. The van der Waals surface area contributed by atoms with E-state index in [1.54, 1.807) is 0 Å². The molecule has 2 aliphatic rings. The van der Waals surface area contributed by atoms with E-state index in [1.807, 2.05) is 0 Å². The zero-order valence-electron chi connectivity index (χ0n) is 12.8. The summed E-state index contributed by atoms with van der Waals surface area (Å²) in [6.45, 7) is 8.47. The monoisotopic (exact) mass is 269 g/mol. The third-order valence-corrected chi connectivity index (χ3v) is 4.99. The largest absolute Gasteiger partial charge is 0.391 e. The van der Waals surface area contributed by atoms with Gasteiger partial charge in [0.25, 0.3) is 0 Å². The van der Waals surface area contributed by atoms with E-state index in [4.69, 9.17) is 4.74 Å². The van der Waals surface area contributed by atoms with Gasteiger partial charge in [-0.25, -0.2) is 0 Å². The number of rotatable bonds is 4. The SMILES string of the molecule is CCCC1CCC(O)C(N2CC(C)OCC2CC)C1. The third kappa shape index (κ3) is 3.71. The average Bonchev–Trinajstić information content (AvgIpc) is 2.41. The van der Waals surface area contributed by atoms with E-state index in [2.05, 4.69) is 25.7 Å². The molecule has 19 heavy (non-hydrogen) atoms. The summed E-state index contributed by atoms with van der Waals surface area (Å²) in [5.41, 5.74) is 0. The zero-order valence-corrected chi connectivity index (χ0v) is 12.8. The fraction of sp³-hybridized carbons (Fsp3) is 1.00. The van der Waals surface area contributed by atoms with Crippen LogP contribution in [0.4, 0.5) is 0 Å². The molecule has 2 rings (SSSR count). The molecule has 5 unspecified atom stereocenters. The molecule has 0 aromatic carbocycles. The molecule has 3 nitrogen and oxygen atoms in total. The highest BCUT2D eigenvalue weighted by Gasteiger charge is 2.38. The molecule has 0 amide bonds. The van der Waals surface area contributed by atoms with Crippen molar-refractivity contribution < 1.29 is 9.84 Å². The van der Waals surface area contributed by atoms with E-state index in [9.17, 15) is 5.11 Å². The lowest BCUT2D eigenvalue weighted by Crippen LogP contribution is -2.58. The maximum Gasteiger partial charge on any atom is 0.0695 e. The molecular weight excluding hydrogens is 238 g/mol. The molecule has 1 saturated heterocycles. The fourth-order valence-corrected chi connectivity index (χ4v) is 3.87. The molecule has 1 N–H and O–H groups in total. The molecule has 5 atom stereocenters. The number of nitrogens with zero attached hydrogens (tertiary/aromatic N) is 1. The average molecular weight is 269 g/mol. The third-order valence-electron chi connectivity index (χ3n) is 4.99. The second kappa shape index (κ2) is 7.05. The van der Waals surface area contributed by atoms with Gasteiger partial charge in [-0.3, -0.25) is 4.90 Å². The summed E-state index contributed by atoms with van der Waals surface area (Å²) in [5, 5.41) is 10.4. The summed E-state index contributed by atoms with van der Waals surface area (Å²) in [6.07, 6.45) is 7.25. The van der Waals surface area contributed by atoms with Gasteiger partial charge in [-0.2, -0.15) is 0 Å². The van der Waals surface area contributed by atoms with Crippen molar-refractivity contribution in [3.8, 4) is 0 Å². The Kier molecular flexibility index (Phi) is 5.67. The van der Waals surface area contributed by atoms with Gasteiger partial charge in [-0.15, -0.1) is 0 Å². The van der Waals surface area contributed by atoms with Crippen molar-refractivity contribution in [2.24, 2.45) is 5.92 Å². The Labute approximate surface area is 118 Å². The Morgan fingerprint density at radius 1 is 1.26 bits per heavy atom. The van der Waals surface area contributed by atoms with E-state index in [1.165, 1.54) is 25.7 Å². The van der Waals surface area contributed by atoms with Gasteiger partial charge in [0.05, 0.1) is 18.8 Å². The summed E-state index contributed by atoms with van der Waals surface area (Å²) in [7, 11) is 0. The van der Waals surface area contributed by atoms with Crippen LogP contribution in [0.3, 0.4) is 0 Å². The molecule has 1 saturated carbocycles. The fourth-order valence-electron chi connectivity index (χ4n) is 3.87. The number of aliphatic hydroxyl groups excluding tert-OH is 1. The van der Waals surface area contributed by atoms with Crippen molar-refractivity contribution in [2.45, 2.75) is 83.6 Å². The minimum atomic E-state index is -0.132.